The Morgan fingerprint density at radius 3 is 3.07 bits per heavy atom. The lowest BCUT2D eigenvalue weighted by atomic mass is 9.94. The fourth-order valence-corrected chi connectivity index (χ4v) is 6.81. The van der Waals surface area contributed by atoms with E-state index in [4.69, 9.17) is 20.5 Å². The normalized spacial score (nSPS) is 52.8. The number of alkyl halides is 1. The van der Waals surface area contributed by atoms with Gasteiger partial charge in [0.1, 0.15) is 17.4 Å². The molecule has 0 aromatic carbocycles. The maximum atomic E-state index is 11.5. The second-order valence-corrected chi connectivity index (χ2v) is 7.13. The van der Waals surface area contributed by atoms with Gasteiger partial charge in [-0.15, -0.1) is 11.8 Å². The second kappa shape index (κ2) is 3.01. The monoisotopic (exact) mass is 256 g/mol. The van der Waals surface area contributed by atoms with Crippen LogP contribution in [-0.2, 0) is 19.0 Å². The number of rotatable bonds is 2. The smallest absolute Gasteiger partial charge is 0.271 e. The van der Waals surface area contributed by atoms with Crippen molar-refractivity contribution in [2.45, 2.75) is 34.4 Å². The maximum Gasteiger partial charge on any atom is 0.271 e. The van der Waals surface area contributed by atoms with Gasteiger partial charge in [0.2, 0.25) is 0 Å². The van der Waals surface area contributed by atoms with Gasteiger partial charge in [-0.3, -0.25) is 4.18 Å². The van der Waals surface area contributed by atoms with Crippen LogP contribution >= 0.6 is 23.4 Å². The largest absolute Gasteiger partial charge is 0.359 e. The van der Waals surface area contributed by atoms with Crippen molar-refractivity contribution in [3.8, 4) is 0 Å². The standard InChI is InChI=1S/C7H9ClO4S2/c8-2-11-5-3-1-4-7(13-3)6(5)12-14(4,9)10/h3-7H,1-2H2. The summed E-state index contributed by atoms with van der Waals surface area (Å²) in [5, 5.41) is 0.00178. The van der Waals surface area contributed by atoms with Crippen LogP contribution in [0, 0.1) is 0 Å². The predicted molar refractivity (Wildman–Crippen MR) is 53.0 cm³/mol. The average Bonchev–Trinajstić information content (AvgIpc) is 2.68. The lowest BCUT2D eigenvalue weighted by molar-refractivity contribution is 0.00562. The highest BCUT2D eigenvalue weighted by atomic mass is 35.5. The van der Waals surface area contributed by atoms with Crippen molar-refractivity contribution in [2.75, 3.05) is 6.07 Å². The van der Waals surface area contributed by atoms with E-state index in [1.54, 1.807) is 11.8 Å². The lowest BCUT2D eigenvalue weighted by Crippen LogP contribution is -2.40. The van der Waals surface area contributed by atoms with Crippen molar-refractivity contribution in [1.29, 1.82) is 0 Å². The lowest BCUT2D eigenvalue weighted by Gasteiger charge is -2.22. The molecule has 5 atom stereocenters. The molecule has 0 aromatic heterocycles. The van der Waals surface area contributed by atoms with Crippen molar-refractivity contribution in [2.24, 2.45) is 0 Å². The maximum absolute atomic E-state index is 11.5. The van der Waals surface area contributed by atoms with Gasteiger partial charge in [0, 0.05) is 5.25 Å². The summed E-state index contributed by atoms with van der Waals surface area (Å²) in [6.07, 6.45) is 0.207. The minimum Gasteiger partial charge on any atom is -0.359 e. The fourth-order valence-electron chi connectivity index (χ4n) is 2.50. The van der Waals surface area contributed by atoms with E-state index in [2.05, 4.69) is 0 Å². The molecule has 14 heavy (non-hydrogen) atoms. The summed E-state index contributed by atoms with van der Waals surface area (Å²) in [6.45, 7) is 0. The topological polar surface area (TPSA) is 52.6 Å². The van der Waals surface area contributed by atoms with Crippen LogP contribution in [0.5, 0.6) is 0 Å². The third kappa shape index (κ3) is 1.12. The Bertz CT molecular complexity index is 357. The van der Waals surface area contributed by atoms with Gasteiger partial charge in [-0.05, 0) is 6.42 Å². The molecule has 3 aliphatic rings. The van der Waals surface area contributed by atoms with Crippen molar-refractivity contribution in [3.63, 3.8) is 0 Å². The number of ether oxygens (including phenoxy) is 1. The molecule has 3 aliphatic heterocycles. The van der Waals surface area contributed by atoms with Gasteiger partial charge in [0.25, 0.3) is 10.1 Å². The SMILES string of the molecule is O=S1(=O)OC2C(OCCl)C3CC1C2S3. The zero-order chi connectivity index (χ0) is 9.92. The quantitative estimate of drug-likeness (QED) is 0.534. The van der Waals surface area contributed by atoms with E-state index in [0.717, 1.165) is 0 Å². The first kappa shape index (κ1) is 9.72. The third-order valence-corrected chi connectivity index (χ3v) is 6.79. The zero-order valence-corrected chi connectivity index (χ0v) is 9.52. The van der Waals surface area contributed by atoms with Crippen molar-refractivity contribution < 1.29 is 17.3 Å². The zero-order valence-electron chi connectivity index (χ0n) is 7.13. The summed E-state index contributed by atoms with van der Waals surface area (Å²) < 4.78 is 33.4. The van der Waals surface area contributed by atoms with Crippen LogP contribution < -0.4 is 0 Å². The van der Waals surface area contributed by atoms with E-state index < -0.39 is 10.1 Å². The van der Waals surface area contributed by atoms with Gasteiger partial charge in [-0.1, -0.05) is 11.6 Å². The molecule has 0 N–H and O–H groups in total. The van der Waals surface area contributed by atoms with Crippen LogP contribution in [-0.4, -0.2) is 42.4 Å². The van der Waals surface area contributed by atoms with Gasteiger partial charge >= 0.3 is 0 Å². The summed E-state index contributed by atoms with van der Waals surface area (Å²) in [5.41, 5.74) is 0. The molecule has 0 spiro atoms. The predicted octanol–water partition coefficient (Wildman–Crippen LogP) is 0.553. The van der Waals surface area contributed by atoms with E-state index in [9.17, 15) is 8.42 Å². The minimum absolute atomic E-state index is 0.0678. The molecule has 0 saturated carbocycles. The van der Waals surface area contributed by atoms with Crippen LogP contribution in [0.3, 0.4) is 0 Å². The van der Waals surface area contributed by atoms with Crippen molar-refractivity contribution >= 4 is 33.5 Å². The molecule has 3 fully saturated rings. The Morgan fingerprint density at radius 1 is 1.57 bits per heavy atom. The molecule has 4 nitrogen and oxygen atoms in total. The molecule has 0 amide bonds. The van der Waals surface area contributed by atoms with E-state index in [1.807, 2.05) is 0 Å². The molecule has 3 heterocycles. The van der Waals surface area contributed by atoms with Crippen molar-refractivity contribution in [1.82, 2.24) is 0 Å². The highest BCUT2D eigenvalue weighted by Gasteiger charge is 2.65. The van der Waals surface area contributed by atoms with Crippen LogP contribution in [0.2, 0.25) is 0 Å². The van der Waals surface area contributed by atoms with Gasteiger partial charge in [0.15, 0.2) is 0 Å². The Labute approximate surface area is 91.4 Å². The average molecular weight is 257 g/mol. The third-order valence-electron chi connectivity index (χ3n) is 3.05. The Kier molecular flexibility index (Phi) is 2.09. The Morgan fingerprint density at radius 2 is 2.36 bits per heavy atom. The minimum atomic E-state index is -3.33. The Balaban J connectivity index is 1.93. The highest BCUT2D eigenvalue weighted by Crippen LogP contribution is 2.55. The second-order valence-electron chi connectivity index (χ2n) is 3.71. The molecule has 7 heteroatoms. The number of hydrogen-bond acceptors (Lipinski definition) is 5. The molecule has 3 rings (SSSR count). The fraction of sp³-hybridized carbons (Fsp3) is 1.00. The molecule has 2 bridgehead atoms. The molecule has 0 aromatic rings. The molecule has 80 valence electrons. The van der Waals surface area contributed by atoms with Crippen molar-refractivity contribution in [3.05, 3.63) is 0 Å². The van der Waals surface area contributed by atoms with E-state index in [-0.39, 0.29) is 34.0 Å². The molecule has 3 saturated heterocycles. The summed E-state index contributed by atoms with van der Waals surface area (Å²) in [4.78, 5) is 0. The van der Waals surface area contributed by atoms with Crippen LogP contribution in [0.15, 0.2) is 0 Å². The summed E-state index contributed by atoms with van der Waals surface area (Å²) in [7, 11) is -3.33. The van der Waals surface area contributed by atoms with E-state index in [0.29, 0.717) is 6.42 Å². The summed E-state index contributed by atoms with van der Waals surface area (Å²) in [6, 6.07) is 0.0963. The van der Waals surface area contributed by atoms with Gasteiger partial charge < -0.3 is 4.74 Å². The van der Waals surface area contributed by atoms with Crippen LogP contribution in [0.1, 0.15) is 6.42 Å². The number of fused-ring (bicyclic) bond motifs is 1. The number of thioether (sulfide) groups is 1. The first-order chi connectivity index (χ1) is 6.63. The summed E-state index contributed by atoms with van der Waals surface area (Å²) in [5.74, 6) is 0. The Hall–Kier alpha value is 0.510. The van der Waals surface area contributed by atoms with Crippen LogP contribution in [0.4, 0.5) is 0 Å². The van der Waals surface area contributed by atoms with E-state index in [1.165, 1.54) is 0 Å². The molecular formula is C7H9ClO4S2. The number of hydrogen-bond donors (Lipinski definition) is 0. The molecule has 5 unspecified atom stereocenters. The van der Waals surface area contributed by atoms with Gasteiger partial charge in [-0.2, -0.15) is 8.42 Å². The number of halogens is 1. The van der Waals surface area contributed by atoms with Crippen LogP contribution in [0.25, 0.3) is 0 Å². The summed E-state index contributed by atoms with van der Waals surface area (Å²) >= 11 is 7.16. The van der Waals surface area contributed by atoms with Gasteiger partial charge in [0.05, 0.1) is 11.4 Å². The molecule has 0 radical (unpaired) electrons. The first-order valence-electron chi connectivity index (χ1n) is 4.38. The van der Waals surface area contributed by atoms with Gasteiger partial charge in [-0.25, -0.2) is 0 Å². The molecular weight excluding hydrogens is 248 g/mol. The van der Waals surface area contributed by atoms with E-state index >= 15 is 0 Å². The molecule has 0 aliphatic carbocycles. The highest BCUT2D eigenvalue weighted by molar-refractivity contribution is 8.03. The first-order valence-corrected chi connectivity index (χ1v) is 7.33.